The molecule has 0 bridgehead atoms. The number of aromatic nitrogens is 2. The lowest BCUT2D eigenvalue weighted by atomic mass is 9.94. The van der Waals surface area contributed by atoms with E-state index in [1.807, 2.05) is 6.07 Å². The molecule has 1 aliphatic rings. The number of rotatable bonds is 2. The Morgan fingerprint density at radius 3 is 2.94 bits per heavy atom. The lowest BCUT2D eigenvalue weighted by Gasteiger charge is -2.36. The van der Waals surface area contributed by atoms with Crippen LogP contribution in [0.25, 0.3) is 0 Å². The highest BCUT2D eigenvalue weighted by Gasteiger charge is 2.29. The topological polar surface area (TPSA) is 70.8 Å². The first-order valence-electron chi connectivity index (χ1n) is 5.72. The summed E-state index contributed by atoms with van der Waals surface area (Å²) in [6.07, 6.45) is 4.94. The monoisotopic (exact) mass is 232 g/mol. The highest BCUT2D eigenvalue weighted by molar-refractivity contribution is 5.47. The molecule has 1 aromatic rings. The summed E-state index contributed by atoms with van der Waals surface area (Å²) in [6.45, 7) is 4.87. The largest absolute Gasteiger partial charge is 0.375 e. The normalized spacial score (nSPS) is 22.8. The van der Waals surface area contributed by atoms with Gasteiger partial charge in [0.25, 0.3) is 0 Å². The Labute approximate surface area is 101 Å². The fourth-order valence-electron chi connectivity index (χ4n) is 2.07. The van der Waals surface area contributed by atoms with Crippen LogP contribution in [0.1, 0.15) is 32.4 Å². The van der Waals surface area contributed by atoms with Gasteiger partial charge in [-0.25, -0.2) is 9.97 Å². The molecule has 1 unspecified atom stereocenters. The van der Waals surface area contributed by atoms with Gasteiger partial charge in [0.1, 0.15) is 6.07 Å². The number of nitriles is 1. The lowest BCUT2D eigenvalue weighted by molar-refractivity contribution is -0.0553. The predicted octanol–water partition coefficient (Wildman–Crippen LogP) is 1.72. The number of hydrogen-bond acceptors (Lipinski definition) is 5. The average Bonchev–Trinajstić information content (AvgIpc) is 2.28. The standard InChI is InChI=1S/C12H16N4O/c1-12(2)7-9(3-6-17-12)16-11-10(8-13)14-4-5-15-11/h4-5,9H,3,6-7H2,1-2H3,(H,15,16). The van der Waals surface area contributed by atoms with Crippen molar-refractivity contribution >= 4 is 5.82 Å². The second-order valence-corrected chi connectivity index (χ2v) is 4.81. The maximum absolute atomic E-state index is 8.93. The van der Waals surface area contributed by atoms with Crippen molar-refractivity contribution in [2.24, 2.45) is 0 Å². The van der Waals surface area contributed by atoms with Crippen LogP contribution in [0.5, 0.6) is 0 Å². The molecular formula is C12H16N4O. The third kappa shape index (κ3) is 2.92. The summed E-state index contributed by atoms with van der Waals surface area (Å²) in [5.41, 5.74) is 0.224. The Bertz CT molecular complexity index is 438. The van der Waals surface area contributed by atoms with E-state index >= 15 is 0 Å². The van der Waals surface area contributed by atoms with Crippen molar-refractivity contribution in [2.45, 2.75) is 38.3 Å². The molecule has 1 aliphatic heterocycles. The van der Waals surface area contributed by atoms with Crippen LogP contribution in [-0.2, 0) is 4.74 Å². The van der Waals surface area contributed by atoms with Crippen LogP contribution in [0.15, 0.2) is 12.4 Å². The van der Waals surface area contributed by atoms with Gasteiger partial charge in [-0.05, 0) is 26.7 Å². The smallest absolute Gasteiger partial charge is 0.182 e. The van der Waals surface area contributed by atoms with Crippen LogP contribution in [0.4, 0.5) is 5.82 Å². The first-order chi connectivity index (χ1) is 8.11. The minimum Gasteiger partial charge on any atom is -0.375 e. The summed E-state index contributed by atoms with van der Waals surface area (Å²) in [6, 6.07) is 2.32. The van der Waals surface area contributed by atoms with Gasteiger partial charge < -0.3 is 10.1 Å². The van der Waals surface area contributed by atoms with Gasteiger partial charge in [0.05, 0.1) is 5.60 Å². The van der Waals surface area contributed by atoms with Crippen LogP contribution in [-0.4, -0.2) is 28.2 Å². The van der Waals surface area contributed by atoms with Crippen molar-refractivity contribution in [3.8, 4) is 6.07 Å². The fourth-order valence-corrected chi connectivity index (χ4v) is 2.07. The Hall–Kier alpha value is -1.67. The molecule has 2 rings (SSSR count). The van der Waals surface area contributed by atoms with Gasteiger partial charge in [-0.3, -0.25) is 0 Å². The second kappa shape index (κ2) is 4.68. The molecule has 17 heavy (non-hydrogen) atoms. The van der Waals surface area contributed by atoms with Crippen molar-refractivity contribution in [2.75, 3.05) is 11.9 Å². The van der Waals surface area contributed by atoms with Gasteiger partial charge in [-0.2, -0.15) is 5.26 Å². The molecule has 0 aliphatic carbocycles. The molecule has 0 amide bonds. The highest BCUT2D eigenvalue weighted by atomic mass is 16.5. The molecule has 0 radical (unpaired) electrons. The van der Waals surface area contributed by atoms with Gasteiger partial charge in [-0.15, -0.1) is 0 Å². The van der Waals surface area contributed by atoms with E-state index in [0.717, 1.165) is 19.4 Å². The highest BCUT2D eigenvalue weighted by Crippen LogP contribution is 2.26. The van der Waals surface area contributed by atoms with Gasteiger partial charge in [0, 0.05) is 25.0 Å². The molecule has 0 aromatic carbocycles. The van der Waals surface area contributed by atoms with Crippen molar-refractivity contribution in [1.82, 2.24) is 9.97 Å². The summed E-state index contributed by atoms with van der Waals surface area (Å²) in [4.78, 5) is 8.14. The van der Waals surface area contributed by atoms with Crippen molar-refractivity contribution in [1.29, 1.82) is 5.26 Å². The molecule has 0 saturated carbocycles. The second-order valence-electron chi connectivity index (χ2n) is 4.81. The van der Waals surface area contributed by atoms with E-state index in [4.69, 9.17) is 10.00 Å². The van der Waals surface area contributed by atoms with Crippen LogP contribution >= 0.6 is 0 Å². The molecule has 1 fully saturated rings. The molecule has 5 heteroatoms. The predicted molar refractivity (Wildman–Crippen MR) is 63.4 cm³/mol. The van der Waals surface area contributed by atoms with E-state index in [1.54, 1.807) is 6.20 Å². The Morgan fingerprint density at radius 2 is 2.24 bits per heavy atom. The van der Waals surface area contributed by atoms with Crippen molar-refractivity contribution < 1.29 is 4.74 Å². The number of ether oxygens (including phenoxy) is 1. The minimum absolute atomic E-state index is 0.120. The molecule has 2 heterocycles. The summed E-state index contributed by atoms with van der Waals surface area (Å²) < 4.78 is 5.65. The zero-order valence-electron chi connectivity index (χ0n) is 10.1. The van der Waals surface area contributed by atoms with Gasteiger partial charge in [-0.1, -0.05) is 0 Å². The summed E-state index contributed by atoms with van der Waals surface area (Å²) in [5.74, 6) is 0.567. The number of hydrogen-bond donors (Lipinski definition) is 1. The molecular weight excluding hydrogens is 216 g/mol. The quantitative estimate of drug-likeness (QED) is 0.840. The number of nitrogens with one attached hydrogen (secondary N) is 1. The van der Waals surface area contributed by atoms with E-state index in [2.05, 4.69) is 29.1 Å². The van der Waals surface area contributed by atoms with Gasteiger partial charge >= 0.3 is 0 Å². The van der Waals surface area contributed by atoms with Crippen molar-refractivity contribution in [3.05, 3.63) is 18.1 Å². The molecule has 1 aromatic heterocycles. The Balaban J connectivity index is 2.08. The first-order valence-corrected chi connectivity index (χ1v) is 5.72. The van der Waals surface area contributed by atoms with E-state index in [9.17, 15) is 0 Å². The van der Waals surface area contributed by atoms with Crippen LogP contribution in [0, 0.1) is 11.3 Å². The van der Waals surface area contributed by atoms with Crippen molar-refractivity contribution in [3.63, 3.8) is 0 Å². The molecule has 1 N–H and O–H groups in total. The third-order valence-electron chi connectivity index (χ3n) is 2.84. The minimum atomic E-state index is -0.120. The number of anilines is 1. The van der Waals surface area contributed by atoms with E-state index in [1.165, 1.54) is 6.20 Å². The average molecular weight is 232 g/mol. The Morgan fingerprint density at radius 1 is 1.47 bits per heavy atom. The molecule has 0 spiro atoms. The van der Waals surface area contributed by atoms with E-state index in [0.29, 0.717) is 11.5 Å². The SMILES string of the molecule is CC1(C)CC(Nc2nccnc2C#N)CCO1. The molecule has 5 nitrogen and oxygen atoms in total. The summed E-state index contributed by atoms with van der Waals surface area (Å²) in [5, 5.41) is 12.2. The van der Waals surface area contributed by atoms with Gasteiger partial charge in [0.15, 0.2) is 11.5 Å². The summed E-state index contributed by atoms with van der Waals surface area (Å²) in [7, 11) is 0. The van der Waals surface area contributed by atoms with Crippen LogP contribution in [0.3, 0.4) is 0 Å². The maximum atomic E-state index is 8.93. The maximum Gasteiger partial charge on any atom is 0.182 e. The zero-order chi connectivity index (χ0) is 12.3. The van der Waals surface area contributed by atoms with E-state index in [-0.39, 0.29) is 11.6 Å². The third-order valence-corrected chi connectivity index (χ3v) is 2.84. The number of nitrogens with zero attached hydrogens (tertiary/aromatic N) is 3. The first kappa shape index (κ1) is 11.8. The van der Waals surface area contributed by atoms with E-state index < -0.39 is 0 Å². The zero-order valence-corrected chi connectivity index (χ0v) is 10.1. The van der Waals surface area contributed by atoms with Crippen LogP contribution < -0.4 is 5.32 Å². The fraction of sp³-hybridized carbons (Fsp3) is 0.583. The van der Waals surface area contributed by atoms with Gasteiger partial charge in [0.2, 0.25) is 0 Å². The molecule has 1 saturated heterocycles. The summed E-state index contributed by atoms with van der Waals surface area (Å²) >= 11 is 0. The molecule has 90 valence electrons. The molecule has 1 atom stereocenters. The Kier molecular flexibility index (Phi) is 3.25. The van der Waals surface area contributed by atoms with Crippen LogP contribution in [0.2, 0.25) is 0 Å². The lowest BCUT2D eigenvalue weighted by Crippen LogP contribution is -2.40.